The number of nitrogens with zero attached hydrogens (tertiary/aromatic N) is 1. The molecule has 114 valence electrons. The number of hydrogen-bond donors (Lipinski definition) is 2. The van der Waals surface area contributed by atoms with Gasteiger partial charge in [0.15, 0.2) is 0 Å². The van der Waals surface area contributed by atoms with E-state index in [0.29, 0.717) is 16.9 Å². The third-order valence-corrected chi connectivity index (χ3v) is 4.56. The predicted octanol–water partition coefficient (Wildman–Crippen LogP) is 2.54. The fraction of sp³-hybridized carbons (Fsp3) is 0.533. The van der Waals surface area contributed by atoms with Crippen LogP contribution in [-0.2, 0) is 16.0 Å². The second-order valence-corrected chi connectivity index (χ2v) is 6.22. The Kier molecular flexibility index (Phi) is 5.73. The van der Waals surface area contributed by atoms with Gasteiger partial charge >= 0.3 is 5.97 Å². The number of carbonyl (C=O) groups is 2. The Morgan fingerprint density at radius 3 is 2.76 bits per heavy atom. The van der Waals surface area contributed by atoms with Crippen molar-refractivity contribution in [2.75, 3.05) is 0 Å². The van der Waals surface area contributed by atoms with Crippen LogP contribution in [0.4, 0.5) is 0 Å². The number of carboxylic acid groups (broad SMARTS) is 1. The minimum absolute atomic E-state index is 0.172. The van der Waals surface area contributed by atoms with E-state index >= 15 is 0 Å². The van der Waals surface area contributed by atoms with Gasteiger partial charge in [-0.25, -0.2) is 9.78 Å². The van der Waals surface area contributed by atoms with E-state index < -0.39 is 12.0 Å². The van der Waals surface area contributed by atoms with Crippen molar-refractivity contribution in [3.8, 4) is 0 Å². The largest absolute Gasteiger partial charge is 0.480 e. The summed E-state index contributed by atoms with van der Waals surface area (Å²) in [4.78, 5) is 27.4. The average molecular weight is 355 g/mol. The Balaban J connectivity index is 1.94. The zero-order chi connectivity index (χ0) is 15.2. The third kappa shape index (κ3) is 4.81. The molecular weight excluding hydrogens is 336 g/mol. The average Bonchev–Trinajstić information content (AvgIpc) is 2.93. The highest BCUT2D eigenvalue weighted by atomic mass is 79.9. The van der Waals surface area contributed by atoms with E-state index in [2.05, 4.69) is 26.2 Å². The number of carboxylic acids is 1. The van der Waals surface area contributed by atoms with Crippen LogP contribution in [0.5, 0.6) is 0 Å². The van der Waals surface area contributed by atoms with Crippen molar-refractivity contribution in [2.45, 2.75) is 44.6 Å². The molecule has 0 saturated heterocycles. The summed E-state index contributed by atoms with van der Waals surface area (Å²) in [6, 6.07) is 2.63. The van der Waals surface area contributed by atoms with Crippen LogP contribution in [0, 0.1) is 5.92 Å². The fourth-order valence-electron chi connectivity index (χ4n) is 2.72. The number of nitrogens with one attached hydrogen (secondary N) is 1. The molecule has 0 aromatic carbocycles. The molecule has 1 amide bonds. The molecule has 1 atom stereocenters. The van der Waals surface area contributed by atoms with E-state index in [1.807, 2.05) is 0 Å². The first kappa shape index (κ1) is 15.9. The minimum Gasteiger partial charge on any atom is -0.480 e. The van der Waals surface area contributed by atoms with Crippen LogP contribution in [0.25, 0.3) is 0 Å². The SMILES string of the molecule is O=C(CC1CCCC1)N[C@H](Cc1cccnc1Br)C(=O)O. The molecule has 6 heteroatoms. The molecule has 1 aliphatic carbocycles. The zero-order valence-corrected chi connectivity index (χ0v) is 13.3. The molecule has 1 heterocycles. The van der Waals surface area contributed by atoms with E-state index in [-0.39, 0.29) is 12.3 Å². The molecule has 1 aromatic rings. The molecule has 1 aromatic heterocycles. The van der Waals surface area contributed by atoms with Crippen molar-refractivity contribution < 1.29 is 14.7 Å². The van der Waals surface area contributed by atoms with Gasteiger partial charge in [-0.3, -0.25) is 4.79 Å². The van der Waals surface area contributed by atoms with Crippen LogP contribution < -0.4 is 5.32 Å². The second-order valence-electron chi connectivity index (χ2n) is 5.47. The summed E-state index contributed by atoms with van der Waals surface area (Å²) in [5, 5.41) is 11.9. The van der Waals surface area contributed by atoms with Crippen LogP contribution in [0.15, 0.2) is 22.9 Å². The molecule has 1 fully saturated rings. The van der Waals surface area contributed by atoms with E-state index in [1.54, 1.807) is 18.3 Å². The normalized spacial score (nSPS) is 16.6. The molecule has 0 radical (unpaired) electrons. The summed E-state index contributed by atoms with van der Waals surface area (Å²) in [6.07, 6.45) is 6.75. The first-order chi connectivity index (χ1) is 10.1. The third-order valence-electron chi connectivity index (χ3n) is 3.84. The number of carbonyl (C=O) groups excluding carboxylic acids is 1. The second kappa shape index (κ2) is 7.54. The van der Waals surface area contributed by atoms with Crippen molar-refractivity contribution in [2.24, 2.45) is 5.92 Å². The highest BCUT2D eigenvalue weighted by Crippen LogP contribution is 2.27. The topological polar surface area (TPSA) is 79.3 Å². The summed E-state index contributed by atoms with van der Waals surface area (Å²) in [7, 11) is 0. The van der Waals surface area contributed by atoms with Gasteiger partial charge in [0, 0.05) is 19.0 Å². The number of pyridine rings is 1. The molecular formula is C15H19BrN2O3. The maximum Gasteiger partial charge on any atom is 0.326 e. The molecule has 1 aliphatic rings. The standard InChI is InChI=1S/C15H19BrN2O3/c16-14-11(6-3-7-17-14)9-12(15(20)21)18-13(19)8-10-4-1-2-5-10/h3,6-7,10,12H,1-2,4-5,8-9H2,(H,18,19)(H,20,21)/t12-/m1/s1. The van der Waals surface area contributed by atoms with Gasteiger partial charge in [-0.05, 0) is 46.3 Å². The first-order valence-corrected chi connectivity index (χ1v) is 7.97. The summed E-state index contributed by atoms with van der Waals surface area (Å²) >= 11 is 3.29. The van der Waals surface area contributed by atoms with Crippen LogP contribution >= 0.6 is 15.9 Å². The quantitative estimate of drug-likeness (QED) is 0.769. The monoisotopic (exact) mass is 354 g/mol. The van der Waals surface area contributed by atoms with Gasteiger partial charge < -0.3 is 10.4 Å². The smallest absolute Gasteiger partial charge is 0.326 e. The molecule has 0 spiro atoms. The molecule has 1 saturated carbocycles. The number of halogens is 1. The van der Waals surface area contributed by atoms with Gasteiger partial charge in [-0.15, -0.1) is 0 Å². The molecule has 0 aliphatic heterocycles. The van der Waals surface area contributed by atoms with Crippen molar-refractivity contribution in [1.82, 2.24) is 10.3 Å². The molecule has 2 rings (SSSR count). The van der Waals surface area contributed by atoms with E-state index in [9.17, 15) is 14.7 Å². The lowest BCUT2D eigenvalue weighted by Gasteiger charge is -2.16. The van der Waals surface area contributed by atoms with Gasteiger partial charge in [0.25, 0.3) is 0 Å². The number of aromatic nitrogens is 1. The molecule has 5 nitrogen and oxygen atoms in total. The minimum atomic E-state index is -1.02. The van der Waals surface area contributed by atoms with Crippen LogP contribution in [0.3, 0.4) is 0 Å². The van der Waals surface area contributed by atoms with Gasteiger partial charge in [-0.1, -0.05) is 18.9 Å². The van der Waals surface area contributed by atoms with Crippen molar-refractivity contribution in [3.05, 3.63) is 28.5 Å². The highest BCUT2D eigenvalue weighted by Gasteiger charge is 2.24. The summed E-state index contributed by atoms with van der Waals surface area (Å²) in [5.74, 6) is -0.788. The summed E-state index contributed by atoms with van der Waals surface area (Å²) in [6.45, 7) is 0. The molecule has 0 unspecified atom stereocenters. The van der Waals surface area contributed by atoms with Gasteiger partial charge in [0.1, 0.15) is 10.6 Å². The number of aliphatic carboxylic acids is 1. The first-order valence-electron chi connectivity index (χ1n) is 7.18. The summed E-state index contributed by atoms with van der Waals surface area (Å²) in [5.41, 5.74) is 0.770. The maximum atomic E-state index is 12.0. The molecule has 0 bridgehead atoms. The number of hydrogen-bond acceptors (Lipinski definition) is 3. The van der Waals surface area contributed by atoms with Gasteiger partial charge in [-0.2, -0.15) is 0 Å². The Bertz CT molecular complexity index is 515. The lowest BCUT2D eigenvalue weighted by Crippen LogP contribution is -2.42. The maximum absolute atomic E-state index is 12.0. The van der Waals surface area contributed by atoms with Crippen LogP contribution in [-0.4, -0.2) is 28.0 Å². The highest BCUT2D eigenvalue weighted by molar-refractivity contribution is 9.10. The van der Waals surface area contributed by atoms with Crippen molar-refractivity contribution in [1.29, 1.82) is 0 Å². The van der Waals surface area contributed by atoms with Crippen LogP contribution in [0.2, 0.25) is 0 Å². The number of rotatable bonds is 6. The molecule has 2 N–H and O–H groups in total. The fourth-order valence-corrected chi connectivity index (χ4v) is 3.13. The van der Waals surface area contributed by atoms with Gasteiger partial charge in [0.2, 0.25) is 5.91 Å². The lowest BCUT2D eigenvalue weighted by atomic mass is 10.0. The molecule has 21 heavy (non-hydrogen) atoms. The Morgan fingerprint density at radius 1 is 1.43 bits per heavy atom. The number of amides is 1. The lowest BCUT2D eigenvalue weighted by molar-refractivity contribution is -0.141. The Hall–Kier alpha value is -1.43. The van der Waals surface area contributed by atoms with E-state index in [1.165, 1.54) is 12.8 Å². The van der Waals surface area contributed by atoms with Crippen molar-refractivity contribution in [3.63, 3.8) is 0 Å². The Labute approximate surface area is 132 Å². The van der Waals surface area contributed by atoms with Crippen molar-refractivity contribution >= 4 is 27.8 Å². The van der Waals surface area contributed by atoms with Crippen LogP contribution in [0.1, 0.15) is 37.7 Å². The summed E-state index contributed by atoms with van der Waals surface area (Å²) < 4.78 is 0.612. The van der Waals surface area contributed by atoms with E-state index in [0.717, 1.165) is 18.4 Å². The zero-order valence-electron chi connectivity index (χ0n) is 11.7. The van der Waals surface area contributed by atoms with Gasteiger partial charge in [0.05, 0.1) is 0 Å². The van der Waals surface area contributed by atoms with E-state index in [4.69, 9.17) is 0 Å². The predicted molar refractivity (Wildman–Crippen MR) is 81.8 cm³/mol. The Morgan fingerprint density at radius 2 is 2.14 bits per heavy atom.